The first-order valence-corrected chi connectivity index (χ1v) is 10.2. The molecular formula is C22H20BrF3N4O. The fourth-order valence-electron chi connectivity index (χ4n) is 3.51. The molecule has 9 heteroatoms. The smallest absolute Gasteiger partial charge is 0.358 e. The van der Waals surface area contributed by atoms with Gasteiger partial charge < -0.3 is 15.5 Å². The molecule has 162 valence electrons. The second-order valence-electron chi connectivity index (χ2n) is 7.14. The van der Waals surface area contributed by atoms with Crippen LogP contribution >= 0.6 is 15.9 Å². The summed E-state index contributed by atoms with van der Waals surface area (Å²) in [5.41, 5.74) is 1.67. The van der Waals surface area contributed by atoms with Gasteiger partial charge in [0.15, 0.2) is 0 Å². The zero-order valence-electron chi connectivity index (χ0n) is 16.8. The molecule has 1 aliphatic rings. The van der Waals surface area contributed by atoms with E-state index in [4.69, 9.17) is 5.26 Å². The van der Waals surface area contributed by atoms with Crippen LogP contribution in [0.5, 0.6) is 0 Å². The third-order valence-electron chi connectivity index (χ3n) is 5.10. The molecule has 5 nitrogen and oxygen atoms in total. The first kappa shape index (κ1) is 22.8. The van der Waals surface area contributed by atoms with Crippen molar-refractivity contribution in [3.05, 3.63) is 74.9 Å². The number of hydrogen-bond acceptors (Lipinski definition) is 4. The molecule has 3 rings (SSSR count). The minimum atomic E-state index is -4.46. The molecule has 0 spiro atoms. The molecule has 0 aromatic heterocycles. The molecule has 0 fully saturated rings. The number of anilines is 1. The fraction of sp³-hybridized carbons (Fsp3) is 0.273. The maximum absolute atomic E-state index is 13.1. The Hall–Kier alpha value is -2.83. The van der Waals surface area contributed by atoms with E-state index in [2.05, 4.69) is 32.6 Å². The summed E-state index contributed by atoms with van der Waals surface area (Å²) in [6.07, 6.45) is -4.00. The number of benzene rings is 2. The zero-order chi connectivity index (χ0) is 22.8. The molecule has 2 N–H and O–H groups in total. The third kappa shape index (κ3) is 4.92. The first-order valence-electron chi connectivity index (χ1n) is 9.45. The lowest BCUT2D eigenvalue weighted by Gasteiger charge is -2.32. The molecule has 0 radical (unpaired) electrons. The van der Waals surface area contributed by atoms with Crippen LogP contribution in [0.1, 0.15) is 29.2 Å². The van der Waals surface area contributed by atoms with E-state index in [9.17, 15) is 18.0 Å². The molecule has 0 saturated carbocycles. The molecule has 0 aliphatic carbocycles. The predicted molar refractivity (Wildman–Crippen MR) is 115 cm³/mol. The molecule has 0 bridgehead atoms. The van der Waals surface area contributed by atoms with Crippen LogP contribution in [0.2, 0.25) is 0 Å². The summed E-state index contributed by atoms with van der Waals surface area (Å²) in [6, 6.07) is 11.5. The number of amides is 1. The average Bonchev–Trinajstić information content (AvgIpc) is 2.73. The van der Waals surface area contributed by atoms with E-state index in [-0.39, 0.29) is 11.6 Å². The van der Waals surface area contributed by atoms with Crippen LogP contribution in [-0.4, -0.2) is 31.4 Å². The Kier molecular flexibility index (Phi) is 6.72. The van der Waals surface area contributed by atoms with Crippen LogP contribution in [0.25, 0.3) is 0 Å². The number of halogens is 4. The summed E-state index contributed by atoms with van der Waals surface area (Å²) in [6.45, 7) is 0.439. The Balaban J connectivity index is 2.08. The molecule has 1 unspecified atom stereocenters. The monoisotopic (exact) mass is 492 g/mol. The number of carbonyl (C=O) groups excluding carboxylic acids is 1. The highest BCUT2D eigenvalue weighted by Gasteiger charge is 2.33. The van der Waals surface area contributed by atoms with Gasteiger partial charge in [-0.2, -0.15) is 18.4 Å². The third-order valence-corrected chi connectivity index (χ3v) is 5.79. The maximum atomic E-state index is 13.1. The van der Waals surface area contributed by atoms with Gasteiger partial charge in [0.25, 0.3) is 5.91 Å². The van der Waals surface area contributed by atoms with Crippen molar-refractivity contribution in [1.82, 2.24) is 10.2 Å². The highest BCUT2D eigenvalue weighted by atomic mass is 79.9. The van der Waals surface area contributed by atoms with Gasteiger partial charge in [-0.05, 0) is 42.9 Å². The summed E-state index contributed by atoms with van der Waals surface area (Å²) in [5, 5.41) is 15.3. The van der Waals surface area contributed by atoms with Gasteiger partial charge in [0, 0.05) is 35.9 Å². The number of likely N-dealkylation sites (N-methyl/N-ethyl adjacent to an activating group) is 2. The fourth-order valence-corrected chi connectivity index (χ4v) is 4.12. The van der Waals surface area contributed by atoms with Gasteiger partial charge in [-0.25, -0.2) is 0 Å². The minimum Gasteiger partial charge on any atom is -0.358 e. The van der Waals surface area contributed by atoms with Gasteiger partial charge in [0.05, 0.1) is 28.8 Å². The Morgan fingerprint density at radius 1 is 1.23 bits per heavy atom. The summed E-state index contributed by atoms with van der Waals surface area (Å²) in [5.74, 6) is -0.226. The topological polar surface area (TPSA) is 68.2 Å². The van der Waals surface area contributed by atoms with E-state index in [1.165, 1.54) is 12.1 Å². The minimum absolute atomic E-state index is 0.226. The number of rotatable bonds is 5. The number of carbonyl (C=O) groups is 1. The second kappa shape index (κ2) is 9.12. The first-order chi connectivity index (χ1) is 14.7. The summed E-state index contributed by atoms with van der Waals surface area (Å²) in [7, 11) is 3.38. The highest BCUT2D eigenvalue weighted by molar-refractivity contribution is 9.10. The molecule has 2 aromatic carbocycles. The van der Waals surface area contributed by atoms with Crippen molar-refractivity contribution in [1.29, 1.82) is 5.26 Å². The van der Waals surface area contributed by atoms with E-state index in [0.717, 1.165) is 17.7 Å². The number of hydrogen-bond donors (Lipinski definition) is 2. The Bertz CT molecular complexity index is 1080. The SMILES string of the molecule is CNC(C1=C(Nc2cccc(C(F)(F)F)c2)CCN(C)C1=O)c1ccc(C#N)cc1Br. The molecule has 1 atom stereocenters. The van der Waals surface area contributed by atoms with E-state index < -0.39 is 17.8 Å². The van der Waals surface area contributed by atoms with Crippen molar-refractivity contribution in [2.24, 2.45) is 0 Å². The summed E-state index contributed by atoms with van der Waals surface area (Å²) >= 11 is 3.47. The number of nitriles is 1. The van der Waals surface area contributed by atoms with Gasteiger partial charge in [-0.15, -0.1) is 0 Å². The second-order valence-corrected chi connectivity index (χ2v) is 8.00. The van der Waals surface area contributed by atoms with Crippen LogP contribution < -0.4 is 10.6 Å². The molecule has 0 saturated heterocycles. The van der Waals surface area contributed by atoms with Crippen LogP contribution in [0.3, 0.4) is 0 Å². The molecular weight excluding hydrogens is 473 g/mol. The average molecular weight is 493 g/mol. The Labute approximate surface area is 186 Å². The lowest BCUT2D eigenvalue weighted by atomic mass is 9.92. The van der Waals surface area contributed by atoms with Crippen LogP contribution in [-0.2, 0) is 11.0 Å². The quantitative estimate of drug-likeness (QED) is 0.627. The lowest BCUT2D eigenvalue weighted by Crippen LogP contribution is -2.40. The standard InChI is InChI=1S/C22H20BrF3N4O/c1-28-20(16-7-6-13(12-27)10-17(16)23)19-18(8-9-30(2)21(19)31)29-15-5-3-4-14(11-15)22(24,25)26/h3-7,10-11,20,28-29H,8-9H2,1-2H3. The maximum Gasteiger partial charge on any atom is 0.416 e. The normalized spacial score (nSPS) is 15.6. The van der Waals surface area contributed by atoms with Crippen molar-refractivity contribution in [2.75, 3.05) is 26.0 Å². The van der Waals surface area contributed by atoms with Gasteiger partial charge in [-0.1, -0.05) is 28.1 Å². The number of nitrogens with zero attached hydrogens (tertiary/aromatic N) is 2. The molecule has 1 aliphatic heterocycles. The van der Waals surface area contributed by atoms with Gasteiger partial charge in [-0.3, -0.25) is 4.79 Å². The van der Waals surface area contributed by atoms with Crippen LogP contribution in [0.15, 0.2) is 58.2 Å². The lowest BCUT2D eigenvalue weighted by molar-refractivity contribution is -0.137. The molecule has 2 aromatic rings. The molecule has 31 heavy (non-hydrogen) atoms. The number of alkyl halides is 3. The zero-order valence-corrected chi connectivity index (χ0v) is 18.4. The van der Waals surface area contributed by atoms with Crippen molar-refractivity contribution in [3.8, 4) is 6.07 Å². The highest BCUT2D eigenvalue weighted by Crippen LogP contribution is 2.36. The van der Waals surface area contributed by atoms with Crippen LogP contribution in [0, 0.1) is 11.3 Å². The van der Waals surface area contributed by atoms with Gasteiger partial charge in [0.1, 0.15) is 0 Å². The van der Waals surface area contributed by atoms with Crippen molar-refractivity contribution < 1.29 is 18.0 Å². The molecule has 1 heterocycles. The Morgan fingerprint density at radius 3 is 2.58 bits per heavy atom. The summed E-state index contributed by atoms with van der Waals surface area (Å²) < 4.78 is 40.0. The van der Waals surface area contributed by atoms with Gasteiger partial charge >= 0.3 is 6.18 Å². The molecule has 1 amide bonds. The van der Waals surface area contributed by atoms with E-state index in [0.29, 0.717) is 34.3 Å². The van der Waals surface area contributed by atoms with E-state index >= 15 is 0 Å². The number of nitrogens with one attached hydrogen (secondary N) is 2. The van der Waals surface area contributed by atoms with Crippen molar-refractivity contribution in [2.45, 2.75) is 18.6 Å². The Morgan fingerprint density at radius 2 is 1.97 bits per heavy atom. The van der Waals surface area contributed by atoms with Crippen molar-refractivity contribution >= 4 is 27.5 Å². The van der Waals surface area contributed by atoms with Crippen molar-refractivity contribution in [3.63, 3.8) is 0 Å². The summed E-state index contributed by atoms with van der Waals surface area (Å²) in [4.78, 5) is 14.7. The van der Waals surface area contributed by atoms with Gasteiger partial charge in [0.2, 0.25) is 0 Å². The van der Waals surface area contributed by atoms with E-state index in [1.807, 2.05) is 0 Å². The predicted octanol–water partition coefficient (Wildman–Crippen LogP) is 4.83. The van der Waals surface area contributed by atoms with E-state index in [1.54, 1.807) is 37.2 Å². The largest absolute Gasteiger partial charge is 0.416 e. The van der Waals surface area contributed by atoms with Crippen LogP contribution in [0.4, 0.5) is 18.9 Å².